The summed E-state index contributed by atoms with van der Waals surface area (Å²) in [5.74, 6) is -0.639. The van der Waals surface area contributed by atoms with Crippen LogP contribution < -0.4 is 0 Å². The molecule has 0 radical (unpaired) electrons. The molecule has 0 aliphatic carbocycles. The van der Waals surface area contributed by atoms with Gasteiger partial charge in [-0.1, -0.05) is 35.9 Å². The molecule has 1 atom stereocenters. The molecule has 8 nitrogen and oxygen atoms in total. The number of carbonyl (C=O) groups excluding carboxylic acids is 3. The fourth-order valence-corrected chi connectivity index (χ4v) is 3.55. The second kappa shape index (κ2) is 9.85. The zero-order valence-corrected chi connectivity index (χ0v) is 19.0. The van der Waals surface area contributed by atoms with Crippen molar-refractivity contribution < 1.29 is 28.6 Å². The lowest BCUT2D eigenvalue weighted by Gasteiger charge is -2.48. The van der Waals surface area contributed by atoms with Gasteiger partial charge >= 0.3 is 18.2 Å². The highest BCUT2D eigenvalue weighted by Gasteiger charge is 2.53. The summed E-state index contributed by atoms with van der Waals surface area (Å²) < 4.78 is 16.0. The van der Waals surface area contributed by atoms with Crippen LogP contribution in [0.4, 0.5) is 9.59 Å². The normalized spacial score (nSPS) is 18.9. The van der Waals surface area contributed by atoms with E-state index in [2.05, 4.69) is 6.58 Å². The number of nitrogens with zero attached hydrogens (tertiary/aromatic N) is 2. The molecule has 1 aromatic carbocycles. The molecule has 2 amide bonds. The van der Waals surface area contributed by atoms with Crippen LogP contribution >= 0.6 is 0 Å². The van der Waals surface area contributed by atoms with Crippen LogP contribution in [0.5, 0.6) is 0 Å². The van der Waals surface area contributed by atoms with Crippen LogP contribution in [0.15, 0.2) is 42.5 Å². The second-order valence-corrected chi connectivity index (χ2v) is 8.75. The first-order valence-electron chi connectivity index (χ1n) is 10.2. The zero-order valence-electron chi connectivity index (χ0n) is 19.0. The molecule has 31 heavy (non-hydrogen) atoms. The Morgan fingerprint density at radius 1 is 1.10 bits per heavy atom. The van der Waals surface area contributed by atoms with Crippen molar-refractivity contribution in [3.8, 4) is 0 Å². The van der Waals surface area contributed by atoms with E-state index in [9.17, 15) is 14.4 Å². The Morgan fingerprint density at radius 2 is 1.74 bits per heavy atom. The first-order chi connectivity index (χ1) is 14.5. The summed E-state index contributed by atoms with van der Waals surface area (Å²) in [6.45, 7) is 11.2. The van der Waals surface area contributed by atoms with Crippen molar-refractivity contribution in [1.82, 2.24) is 9.80 Å². The fraction of sp³-hybridized carbons (Fsp3) is 0.522. The molecule has 1 aliphatic rings. The maximum absolute atomic E-state index is 13.0. The van der Waals surface area contributed by atoms with Gasteiger partial charge in [-0.15, -0.1) is 6.58 Å². The lowest BCUT2D eigenvalue weighted by molar-refractivity contribution is -0.158. The van der Waals surface area contributed by atoms with Gasteiger partial charge in [-0.2, -0.15) is 0 Å². The lowest BCUT2D eigenvalue weighted by Crippen LogP contribution is -2.69. The van der Waals surface area contributed by atoms with Gasteiger partial charge in [-0.3, -0.25) is 4.90 Å². The largest absolute Gasteiger partial charge is 0.467 e. The maximum Gasteiger partial charge on any atom is 0.411 e. The van der Waals surface area contributed by atoms with Gasteiger partial charge < -0.3 is 19.1 Å². The van der Waals surface area contributed by atoms with Crippen molar-refractivity contribution in [2.24, 2.45) is 0 Å². The van der Waals surface area contributed by atoms with E-state index in [1.165, 1.54) is 16.9 Å². The van der Waals surface area contributed by atoms with Gasteiger partial charge in [0.1, 0.15) is 12.2 Å². The van der Waals surface area contributed by atoms with Crippen LogP contribution in [0.2, 0.25) is 0 Å². The maximum atomic E-state index is 13.0. The van der Waals surface area contributed by atoms with Gasteiger partial charge in [0.05, 0.1) is 13.7 Å². The van der Waals surface area contributed by atoms with Crippen LogP contribution in [0.25, 0.3) is 0 Å². The van der Waals surface area contributed by atoms with Crippen LogP contribution in [-0.4, -0.2) is 65.8 Å². The van der Waals surface area contributed by atoms with E-state index < -0.39 is 29.3 Å². The number of ether oxygens (including phenoxy) is 3. The quantitative estimate of drug-likeness (QED) is 0.400. The van der Waals surface area contributed by atoms with E-state index in [-0.39, 0.29) is 32.7 Å². The van der Waals surface area contributed by atoms with Crippen LogP contribution in [0.1, 0.15) is 39.7 Å². The number of piperazine rings is 1. The molecule has 8 heteroatoms. The van der Waals surface area contributed by atoms with Crippen molar-refractivity contribution in [3.05, 3.63) is 48.0 Å². The van der Waals surface area contributed by atoms with Crippen LogP contribution in [0, 0.1) is 0 Å². The monoisotopic (exact) mass is 432 g/mol. The lowest BCUT2D eigenvalue weighted by atomic mass is 9.87. The Morgan fingerprint density at radius 3 is 2.29 bits per heavy atom. The van der Waals surface area contributed by atoms with Gasteiger partial charge in [0.2, 0.25) is 0 Å². The average Bonchev–Trinajstić information content (AvgIpc) is 2.70. The molecule has 0 aromatic heterocycles. The number of amides is 2. The molecule has 0 N–H and O–H groups in total. The van der Waals surface area contributed by atoms with Crippen LogP contribution in [0.3, 0.4) is 0 Å². The van der Waals surface area contributed by atoms with Gasteiger partial charge in [-0.25, -0.2) is 14.4 Å². The number of carbonyl (C=O) groups is 3. The minimum absolute atomic E-state index is 0.0658. The van der Waals surface area contributed by atoms with E-state index >= 15 is 0 Å². The Labute approximate surface area is 183 Å². The SMILES string of the molecule is C=C(C)CC1(C(=O)OC)CN(C(=O)OC(C)(C)C)CCN1C(=O)OCc1ccccc1. The van der Waals surface area contributed by atoms with Crippen molar-refractivity contribution in [1.29, 1.82) is 0 Å². The first kappa shape index (κ1) is 24.2. The van der Waals surface area contributed by atoms with E-state index in [0.29, 0.717) is 5.57 Å². The smallest absolute Gasteiger partial charge is 0.411 e. The molecular formula is C23H32N2O6. The fourth-order valence-electron chi connectivity index (χ4n) is 3.55. The number of methoxy groups -OCH3 is 1. The van der Waals surface area contributed by atoms with Crippen molar-refractivity contribution in [2.45, 2.75) is 51.9 Å². The van der Waals surface area contributed by atoms with E-state index in [1.807, 2.05) is 30.3 Å². The topological polar surface area (TPSA) is 85.4 Å². The number of hydrogen-bond donors (Lipinski definition) is 0. The highest BCUT2D eigenvalue weighted by atomic mass is 16.6. The highest BCUT2D eigenvalue weighted by molar-refractivity contribution is 5.87. The third-order valence-corrected chi connectivity index (χ3v) is 4.80. The van der Waals surface area contributed by atoms with E-state index in [1.54, 1.807) is 27.7 Å². The molecule has 1 aliphatic heterocycles. The van der Waals surface area contributed by atoms with E-state index in [4.69, 9.17) is 14.2 Å². The summed E-state index contributed by atoms with van der Waals surface area (Å²) in [6, 6.07) is 9.26. The summed E-state index contributed by atoms with van der Waals surface area (Å²) in [5, 5.41) is 0. The predicted molar refractivity (Wildman–Crippen MR) is 115 cm³/mol. The summed E-state index contributed by atoms with van der Waals surface area (Å²) >= 11 is 0. The molecule has 0 bridgehead atoms. The van der Waals surface area contributed by atoms with Crippen molar-refractivity contribution >= 4 is 18.2 Å². The standard InChI is InChI=1S/C23H32N2O6/c1-17(2)14-23(19(26)29-6)16-24(20(27)31-22(3,4)5)12-13-25(23)21(28)30-15-18-10-8-7-9-11-18/h7-11H,1,12-16H2,2-6H3. The minimum Gasteiger partial charge on any atom is -0.467 e. The minimum atomic E-state index is -1.45. The second-order valence-electron chi connectivity index (χ2n) is 8.75. The van der Waals surface area contributed by atoms with Gasteiger partial charge in [0, 0.05) is 19.5 Å². The molecule has 0 saturated carbocycles. The third kappa shape index (κ3) is 6.23. The molecular weight excluding hydrogens is 400 g/mol. The molecule has 2 rings (SSSR count). The van der Waals surface area contributed by atoms with Crippen molar-refractivity contribution in [2.75, 3.05) is 26.7 Å². The zero-order chi connectivity index (χ0) is 23.2. The molecule has 1 aromatic rings. The van der Waals surface area contributed by atoms with Gasteiger partial charge in [0.15, 0.2) is 5.54 Å². The summed E-state index contributed by atoms with van der Waals surface area (Å²) in [5.41, 5.74) is -0.654. The molecule has 170 valence electrons. The molecule has 1 unspecified atom stereocenters. The Bertz CT molecular complexity index is 817. The van der Waals surface area contributed by atoms with Gasteiger partial charge in [0.25, 0.3) is 0 Å². The van der Waals surface area contributed by atoms with Crippen molar-refractivity contribution in [3.63, 3.8) is 0 Å². The number of benzene rings is 1. The molecule has 0 spiro atoms. The highest BCUT2D eigenvalue weighted by Crippen LogP contribution is 2.31. The Kier molecular flexibility index (Phi) is 7.70. The third-order valence-electron chi connectivity index (χ3n) is 4.80. The summed E-state index contributed by atoms with van der Waals surface area (Å²) in [7, 11) is 1.25. The molecule has 1 saturated heterocycles. The molecule has 1 fully saturated rings. The number of hydrogen-bond acceptors (Lipinski definition) is 6. The number of rotatable bonds is 5. The summed E-state index contributed by atoms with van der Waals surface area (Å²) in [6.07, 6.45) is -1.08. The predicted octanol–water partition coefficient (Wildman–Crippen LogP) is 3.75. The number of esters is 1. The van der Waals surface area contributed by atoms with E-state index in [0.717, 1.165) is 5.56 Å². The van der Waals surface area contributed by atoms with Crippen LogP contribution in [-0.2, 0) is 25.6 Å². The van der Waals surface area contributed by atoms with Gasteiger partial charge in [-0.05, 0) is 33.3 Å². The Hall–Kier alpha value is -3.03. The summed E-state index contributed by atoms with van der Waals surface area (Å²) in [4.78, 5) is 41.4. The molecule has 1 heterocycles. The Balaban J connectivity index is 2.30. The first-order valence-corrected chi connectivity index (χ1v) is 10.2. The average molecular weight is 433 g/mol.